The van der Waals surface area contributed by atoms with Crippen molar-refractivity contribution in [3.05, 3.63) is 22.7 Å². The molecular weight excluding hydrogens is 290 g/mol. The molecule has 3 nitrogen and oxygen atoms in total. The first-order valence-corrected chi connectivity index (χ1v) is 7.17. The fourth-order valence-electron chi connectivity index (χ4n) is 2.71. The van der Waals surface area contributed by atoms with Gasteiger partial charge in [0.15, 0.2) is 0 Å². The zero-order chi connectivity index (χ0) is 13.3. The van der Waals surface area contributed by atoms with Crippen LogP contribution in [-0.2, 0) is 0 Å². The minimum Gasteiger partial charge on any atom is -0.397 e. The molecule has 1 aliphatic carbocycles. The van der Waals surface area contributed by atoms with E-state index in [9.17, 15) is 0 Å². The Labute approximate surface area is 118 Å². The van der Waals surface area contributed by atoms with Gasteiger partial charge in [0.25, 0.3) is 0 Å². The summed E-state index contributed by atoms with van der Waals surface area (Å²) in [7, 11) is 6.48. The first-order valence-electron chi connectivity index (χ1n) is 6.38. The zero-order valence-corrected chi connectivity index (χ0v) is 13.0. The Morgan fingerprint density at radius 3 is 2.44 bits per heavy atom. The van der Waals surface area contributed by atoms with E-state index in [-0.39, 0.29) is 0 Å². The lowest BCUT2D eigenvalue weighted by atomic mass is 9.75. The topological polar surface area (TPSA) is 32.5 Å². The van der Waals surface area contributed by atoms with Crippen molar-refractivity contribution >= 4 is 27.3 Å². The molecule has 0 heterocycles. The van der Waals surface area contributed by atoms with Crippen LogP contribution in [0.5, 0.6) is 0 Å². The van der Waals surface area contributed by atoms with Crippen LogP contribution in [0.1, 0.15) is 19.3 Å². The highest BCUT2D eigenvalue weighted by Gasteiger charge is 2.40. The smallest absolute Gasteiger partial charge is 0.0609 e. The van der Waals surface area contributed by atoms with Crippen molar-refractivity contribution in [3.8, 4) is 0 Å². The number of hydrogen-bond acceptors (Lipinski definition) is 3. The quantitative estimate of drug-likeness (QED) is 0.868. The summed E-state index contributed by atoms with van der Waals surface area (Å²) in [6, 6.07) is 6.04. The Morgan fingerprint density at radius 2 is 1.94 bits per heavy atom. The van der Waals surface area contributed by atoms with E-state index >= 15 is 0 Å². The molecule has 2 rings (SSSR count). The van der Waals surface area contributed by atoms with Crippen LogP contribution in [0.4, 0.5) is 11.4 Å². The predicted octanol–water partition coefficient (Wildman–Crippen LogP) is 2.95. The van der Waals surface area contributed by atoms with E-state index in [1.807, 2.05) is 12.1 Å². The third-order valence-electron chi connectivity index (χ3n) is 4.17. The molecule has 0 atom stereocenters. The summed E-state index contributed by atoms with van der Waals surface area (Å²) < 4.78 is 1.08. The number of anilines is 2. The molecule has 2 N–H and O–H groups in total. The predicted molar refractivity (Wildman–Crippen MR) is 82.1 cm³/mol. The Morgan fingerprint density at radius 1 is 1.28 bits per heavy atom. The molecule has 0 spiro atoms. The van der Waals surface area contributed by atoms with Crippen molar-refractivity contribution in [1.82, 2.24) is 4.90 Å². The van der Waals surface area contributed by atoms with Gasteiger partial charge >= 0.3 is 0 Å². The minimum absolute atomic E-state index is 0.323. The Balaban J connectivity index is 2.16. The normalized spacial score (nSPS) is 17.6. The largest absolute Gasteiger partial charge is 0.397 e. The number of halogens is 1. The Hall–Kier alpha value is -0.740. The first-order chi connectivity index (χ1) is 8.44. The highest BCUT2D eigenvalue weighted by atomic mass is 79.9. The van der Waals surface area contributed by atoms with Gasteiger partial charge in [-0.3, -0.25) is 0 Å². The lowest BCUT2D eigenvalue weighted by Crippen LogP contribution is -2.56. The summed E-state index contributed by atoms with van der Waals surface area (Å²) >= 11 is 3.51. The van der Waals surface area contributed by atoms with Gasteiger partial charge in [-0.05, 0) is 51.6 Å². The molecule has 0 radical (unpaired) electrons. The molecule has 1 saturated carbocycles. The SMILES string of the molecule is CN(CC1(N(C)C)CCC1)c1cc(Br)ccc1N. The van der Waals surface area contributed by atoms with Crippen LogP contribution in [0.25, 0.3) is 0 Å². The molecule has 0 aromatic heterocycles. The number of benzene rings is 1. The van der Waals surface area contributed by atoms with E-state index < -0.39 is 0 Å². The Kier molecular flexibility index (Phi) is 3.87. The van der Waals surface area contributed by atoms with Crippen molar-refractivity contribution in [2.24, 2.45) is 0 Å². The van der Waals surface area contributed by atoms with Crippen molar-refractivity contribution in [1.29, 1.82) is 0 Å². The van der Waals surface area contributed by atoms with E-state index in [0.717, 1.165) is 22.4 Å². The summed E-state index contributed by atoms with van der Waals surface area (Å²) in [5, 5.41) is 0. The van der Waals surface area contributed by atoms with Crippen molar-refractivity contribution < 1.29 is 0 Å². The van der Waals surface area contributed by atoms with Crippen molar-refractivity contribution in [3.63, 3.8) is 0 Å². The molecule has 100 valence electrons. The van der Waals surface area contributed by atoms with Crippen LogP contribution >= 0.6 is 15.9 Å². The van der Waals surface area contributed by atoms with Crippen molar-refractivity contribution in [2.75, 3.05) is 38.3 Å². The first kappa shape index (κ1) is 13.7. The number of nitrogens with zero attached hydrogens (tertiary/aromatic N) is 2. The summed E-state index contributed by atoms with van der Waals surface area (Å²) in [6.45, 7) is 1.03. The molecular formula is C14H22BrN3. The van der Waals surface area contributed by atoms with Crippen LogP contribution in [0.2, 0.25) is 0 Å². The molecule has 0 bridgehead atoms. The van der Waals surface area contributed by atoms with Crippen molar-refractivity contribution in [2.45, 2.75) is 24.8 Å². The summed E-state index contributed by atoms with van der Waals surface area (Å²) in [5.41, 5.74) is 8.34. The summed E-state index contributed by atoms with van der Waals surface area (Å²) in [5.74, 6) is 0. The van der Waals surface area contributed by atoms with Gasteiger partial charge in [-0.2, -0.15) is 0 Å². The zero-order valence-electron chi connectivity index (χ0n) is 11.4. The molecule has 1 aliphatic rings. The Bertz CT molecular complexity index is 427. The van der Waals surface area contributed by atoms with E-state index in [4.69, 9.17) is 5.73 Å². The summed E-state index contributed by atoms with van der Waals surface area (Å²) in [6.07, 6.45) is 3.89. The number of likely N-dealkylation sites (N-methyl/N-ethyl adjacent to an activating group) is 2. The van der Waals surface area contributed by atoms with Gasteiger partial charge in [0, 0.05) is 23.6 Å². The van der Waals surface area contributed by atoms with Gasteiger partial charge < -0.3 is 15.5 Å². The lowest BCUT2D eigenvalue weighted by Gasteiger charge is -2.49. The average molecular weight is 312 g/mol. The van der Waals surface area contributed by atoms with E-state index in [1.165, 1.54) is 19.3 Å². The molecule has 0 aliphatic heterocycles. The highest BCUT2D eigenvalue weighted by molar-refractivity contribution is 9.10. The van der Waals surface area contributed by atoms with Crippen LogP contribution in [0.3, 0.4) is 0 Å². The van der Waals surface area contributed by atoms with Gasteiger partial charge in [0.2, 0.25) is 0 Å². The van der Waals surface area contributed by atoms with E-state index in [1.54, 1.807) is 0 Å². The van der Waals surface area contributed by atoms with E-state index in [0.29, 0.717) is 5.54 Å². The molecule has 18 heavy (non-hydrogen) atoms. The van der Waals surface area contributed by atoms with Crippen LogP contribution in [0, 0.1) is 0 Å². The third kappa shape index (κ3) is 2.50. The number of rotatable bonds is 4. The minimum atomic E-state index is 0.323. The third-order valence-corrected chi connectivity index (χ3v) is 4.66. The second kappa shape index (κ2) is 5.10. The van der Waals surface area contributed by atoms with Gasteiger partial charge in [-0.1, -0.05) is 15.9 Å². The van der Waals surface area contributed by atoms with Crippen LogP contribution < -0.4 is 10.6 Å². The van der Waals surface area contributed by atoms with E-state index in [2.05, 4.69) is 52.9 Å². The van der Waals surface area contributed by atoms with Crippen LogP contribution in [-0.4, -0.2) is 38.1 Å². The molecule has 1 aromatic rings. The number of nitrogen functional groups attached to an aromatic ring is 1. The molecule has 0 unspecified atom stereocenters. The second-order valence-corrected chi connectivity index (χ2v) is 6.45. The molecule has 1 aromatic carbocycles. The lowest BCUT2D eigenvalue weighted by molar-refractivity contribution is 0.0683. The van der Waals surface area contributed by atoms with Gasteiger partial charge in [-0.15, -0.1) is 0 Å². The van der Waals surface area contributed by atoms with Gasteiger partial charge in [-0.25, -0.2) is 0 Å². The van der Waals surface area contributed by atoms with Gasteiger partial charge in [0.1, 0.15) is 0 Å². The fraction of sp³-hybridized carbons (Fsp3) is 0.571. The highest BCUT2D eigenvalue weighted by Crippen LogP contribution is 2.38. The molecule has 4 heteroatoms. The van der Waals surface area contributed by atoms with Crippen LogP contribution in [0.15, 0.2) is 22.7 Å². The standard InChI is InChI=1S/C14H22BrN3/c1-17(2)14(7-4-8-14)10-18(3)13-9-11(15)5-6-12(13)16/h5-6,9H,4,7-8,10,16H2,1-3H3. The second-order valence-electron chi connectivity index (χ2n) is 5.53. The number of hydrogen-bond donors (Lipinski definition) is 1. The van der Waals surface area contributed by atoms with Gasteiger partial charge in [0.05, 0.1) is 11.4 Å². The molecule has 1 fully saturated rings. The maximum absolute atomic E-state index is 6.07. The molecule has 0 saturated heterocycles. The maximum atomic E-state index is 6.07. The maximum Gasteiger partial charge on any atom is 0.0609 e. The fourth-order valence-corrected chi connectivity index (χ4v) is 3.05. The molecule has 0 amide bonds. The summed E-state index contributed by atoms with van der Waals surface area (Å²) in [4.78, 5) is 4.64. The number of nitrogens with two attached hydrogens (primary N) is 1. The monoisotopic (exact) mass is 311 g/mol. The average Bonchev–Trinajstić information content (AvgIpc) is 2.26.